The largest absolute Gasteiger partial charge is 0.464 e. The number of carbonyl (C=O) groups excluding carboxylic acids is 3. The molecule has 9 heteroatoms. The number of benzene rings is 2. The molecule has 0 aliphatic heterocycles. The van der Waals surface area contributed by atoms with Crippen LogP contribution in [0.15, 0.2) is 59.2 Å². The minimum absolute atomic E-state index is 0.0174. The molecule has 1 amide bonds. The van der Waals surface area contributed by atoms with Crippen molar-refractivity contribution in [2.45, 2.75) is 57.9 Å². The summed E-state index contributed by atoms with van der Waals surface area (Å²) in [6.07, 6.45) is 4.26. The molecule has 4 rings (SSSR count). The van der Waals surface area contributed by atoms with Gasteiger partial charge in [0.05, 0.1) is 13.2 Å². The number of oxazole rings is 1. The van der Waals surface area contributed by atoms with Gasteiger partial charge in [0.2, 0.25) is 11.4 Å². The van der Waals surface area contributed by atoms with Crippen LogP contribution in [0.3, 0.4) is 0 Å². The fourth-order valence-electron chi connectivity index (χ4n) is 4.08. The lowest BCUT2D eigenvalue weighted by atomic mass is 9.90. The summed E-state index contributed by atoms with van der Waals surface area (Å²) in [4.78, 5) is 42.0. The Morgan fingerprint density at radius 2 is 1.53 bits per heavy atom. The van der Waals surface area contributed by atoms with E-state index in [1.165, 1.54) is 6.92 Å². The maximum absolute atomic E-state index is 12.8. The van der Waals surface area contributed by atoms with E-state index in [4.69, 9.17) is 18.6 Å². The Balaban J connectivity index is 1.40. The lowest BCUT2D eigenvalue weighted by Gasteiger charge is -2.29. The maximum Gasteiger partial charge on any atom is 0.343 e. The van der Waals surface area contributed by atoms with E-state index in [-0.39, 0.29) is 19.6 Å². The molecule has 1 aliphatic rings. The molecule has 38 heavy (non-hydrogen) atoms. The summed E-state index contributed by atoms with van der Waals surface area (Å²) in [7, 11) is 0. The molecule has 200 valence electrons. The summed E-state index contributed by atoms with van der Waals surface area (Å²) in [5.41, 5.74) is 0.685. The molecule has 9 nitrogen and oxygen atoms in total. The number of hydrogen-bond donors (Lipinski definition) is 1. The number of hydrogen-bond acceptors (Lipinski definition) is 8. The molecule has 0 saturated heterocycles. The molecular weight excluding hydrogens is 488 g/mol. The van der Waals surface area contributed by atoms with Crippen LogP contribution in [0.1, 0.15) is 57.4 Å². The first-order chi connectivity index (χ1) is 18.3. The van der Waals surface area contributed by atoms with E-state index in [0.717, 1.165) is 35.6 Å². The van der Waals surface area contributed by atoms with Gasteiger partial charge in [-0.05, 0) is 81.5 Å². The van der Waals surface area contributed by atoms with Gasteiger partial charge in [-0.1, -0.05) is 12.1 Å². The van der Waals surface area contributed by atoms with Crippen molar-refractivity contribution < 1.29 is 33.0 Å². The number of carbonyl (C=O) groups is 3. The molecule has 0 unspecified atom stereocenters. The van der Waals surface area contributed by atoms with Crippen LogP contribution >= 0.6 is 0 Å². The van der Waals surface area contributed by atoms with E-state index < -0.39 is 23.4 Å². The second kappa shape index (κ2) is 11.9. The van der Waals surface area contributed by atoms with Gasteiger partial charge in [0.1, 0.15) is 23.5 Å². The Labute approximate surface area is 221 Å². The lowest BCUT2D eigenvalue weighted by Crippen LogP contribution is -2.61. The average molecular weight is 521 g/mol. The van der Waals surface area contributed by atoms with Crippen molar-refractivity contribution in [1.82, 2.24) is 10.3 Å². The van der Waals surface area contributed by atoms with Crippen molar-refractivity contribution in [1.29, 1.82) is 0 Å². The summed E-state index contributed by atoms with van der Waals surface area (Å²) in [6, 6.07) is 14.9. The van der Waals surface area contributed by atoms with Crippen LogP contribution in [0.25, 0.3) is 11.3 Å². The standard InChI is InChI=1S/C29H32N2O7/c1-4-35-27(33)29(31-19(3)32,28(34)36-5-2)17-16-20-6-12-23(13-7-20)38-24-14-10-21(11-15-24)25-18-37-26(30-25)22-8-9-22/h6-7,10-15,18,22H,4-5,8-9,16-17H2,1-3H3,(H,31,32). The van der Waals surface area contributed by atoms with E-state index in [0.29, 0.717) is 23.8 Å². The van der Waals surface area contributed by atoms with Crippen molar-refractivity contribution in [3.8, 4) is 22.8 Å². The Kier molecular flexibility index (Phi) is 8.45. The fourth-order valence-corrected chi connectivity index (χ4v) is 4.08. The van der Waals surface area contributed by atoms with E-state index in [1.807, 2.05) is 36.4 Å². The minimum Gasteiger partial charge on any atom is -0.464 e. The predicted molar refractivity (Wildman–Crippen MR) is 139 cm³/mol. The molecule has 1 heterocycles. The summed E-state index contributed by atoms with van der Waals surface area (Å²) in [5.74, 6) is 0.348. The molecular formula is C29H32N2O7. The fraction of sp³-hybridized carbons (Fsp3) is 0.379. The molecule has 0 radical (unpaired) electrons. The zero-order chi connectivity index (χ0) is 27.1. The van der Waals surface area contributed by atoms with Crippen LogP contribution in [0, 0.1) is 0 Å². The zero-order valence-corrected chi connectivity index (χ0v) is 21.8. The molecule has 1 aromatic heterocycles. The van der Waals surface area contributed by atoms with Crippen LogP contribution in [0.2, 0.25) is 0 Å². The zero-order valence-electron chi connectivity index (χ0n) is 21.8. The molecule has 1 saturated carbocycles. The quantitative estimate of drug-likeness (QED) is 0.264. The third-order valence-corrected chi connectivity index (χ3v) is 6.18. The second-order valence-electron chi connectivity index (χ2n) is 9.14. The van der Waals surface area contributed by atoms with Crippen LogP contribution < -0.4 is 10.1 Å². The highest BCUT2D eigenvalue weighted by Crippen LogP contribution is 2.40. The molecule has 1 N–H and O–H groups in total. The highest BCUT2D eigenvalue weighted by atomic mass is 16.6. The predicted octanol–water partition coefficient (Wildman–Crippen LogP) is 4.95. The van der Waals surface area contributed by atoms with Gasteiger partial charge in [0, 0.05) is 18.4 Å². The van der Waals surface area contributed by atoms with Gasteiger partial charge in [-0.2, -0.15) is 0 Å². The first kappa shape index (κ1) is 26.9. The number of amides is 1. The average Bonchev–Trinajstić information content (AvgIpc) is 3.64. The van der Waals surface area contributed by atoms with Crippen molar-refractivity contribution in [3.63, 3.8) is 0 Å². The third-order valence-electron chi connectivity index (χ3n) is 6.18. The Morgan fingerprint density at radius 1 is 0.947 bits per heavy atom. The first-order valence-corrected chi connectivity index (χ1v) is 12.8. The summed E-state index contributed by atoms with van der Waals surface area (Å²) >= 11 is 0. The van der Waals surface area contributed by atoms with Crippen LogP contribution in [-0.4, -0.2) is 41.6 Å². The minimum atomic E-state index is -1.92. The first-order valence-electron chi connectivity index (χ1n) is 12.8. The highest BCUT2D eigenvalue weighted by molar-refractivity contribution is 6.07. The van der Waals surface area contributed by atoms with Gasteiger partial charge in [-0.15, -0.1) is 0 Å². The van der Waals surface area contributed by atoms with Gasteiger partial charge in [0.15, 0.2) is 5.89 Å². The molecule has 1 aliphatic carbocycles. The Hall–Kier alpha value is -4.14. The van der Waals surface area contributed by atoms with E-state index in [2.05, 4.69) is 10.3 Å². The molecule has 0 atom stereocenters. The molecule has 3 aromatic rings. The van der Waals surface area contributed by atoms with Gasteiger partial charge in [-0.3, -0.25) is 4.79 Å². The summed E-state index contributed by atoms with van der Waals surface area (Å²) in [6.45, 7) is 4.63. The number of esters is 2. The van der Waals surface area contributed by atoms with Gasteiger partial charge >= 0.3 is 11.9 Å². The van der Waals surface area contributed by atoms with Crippen molar-refractivity contribution in [3.05, 3.63) is 66.2 Å². The van der Waals surface area contributed by atoms with Crippen molar-refractivity contribution in [2.75, 3.05) is 13.2 Å². The maximum atomic E-state index is 12.8. The number of nitrogens with zero attached hydrogens (tertiary/aromatic N) is 1. The van der Waals surface area contributed by atoms with Gasteiger partial charge < -0.3 is 23.9 Å². The molecule has 2 aromatic carbocycles. The third kappa shape index (κ3) is 6.40. The van der Waals surface area contributed by atoms with E-state index in [1.54, 1.807) is 32.2 Å². The number of rotatable bonds is 12. The SMILES string of the molecule is CCOC(=O)C(CCc1ccc(Oc2ccc(-c3coc(C4CC4)n3)cc2)cc1)(NC(C)=O)C(=O)OCC. The Morgan fingerprint density at radius 3 is 2.05 bits per heavy atom. The van der Waals surface area contributed by atoms with Crippen LogP contribution in [0.5, 0.6) is 11.5 Å². The molecule has 0 spiro atoms. The van der Waals surface area contributed by atoms with E-state index in [9.17, 15) is 14.4 Å². The summed E-state index contributed by atoms with van der Waals surface area (Å²) < 4.78 is 21.8. The smallest absolute Gasteiger partial charge is 0.343 e. The van der Waals surface area contributed by atoms with Crippen LogP contribution in [0.4, 0.5) is 0 Å². The second-order valence-corrected chi connectivity index (χ2v) is 9.14. The number of nitrogens with one attached hydrogen (secondary N) is 1. The van der Waals surface area contributed by atoms with E-state index >= 15 is 0 Å². The monoisotopic (exact) mass is 520 g/mol. The molecule has 1 fully saturated rings. The van der Waals surface area contributed by atoms with Crippen LogP contribution in [-0.2, 0) is 30.3 Å². The van der Waals surface area contributed by atoms with Crippen molar-refractivity contribution in [2.24, 2.45) is 0 Å². The number of aromatic nitrogens is 1. The lowest BCUT2D eigenvalue weighted by molar-refractivity contribution is -0.168. The van der Waals surface area contributed by atoms with Gasteiger partial charge in [-0.25, -0.2) is 14.6 Å². The number of aryl methyl sites for hydroxylation is 1. The van der Waals surface area contributed by atoms with Crippen molar-refractivity contribution >= 4 is 17.8 Å². The topological polar surface area (TPSA) is 117 Å². The number of ether oxygens (including phenoxy) is 3. The van der Waals surface area contributed by atoms with Gasteiger partial charge in [0.25, 0.3) is 0 Å². The highest BCUT2D eigenvalue weighted by Gasteiger charge is 2.49. The summed E-state index contributed by atoms with van der Waals surface area (Å²) in [5, 5.41) is 2.48. The Bertz CT molecular complexity index is 1240. The molecule has 0 bridgehead atoms. The normalized spacial score (nSPS) is 13.0.